The summed E-state index contributed by atoms with van der Waals surface area (Å²) < 4.78 is 38.2. The third-order valence-corrected chi connectivity index (χ3v) is 4.92. The summed E-state index contributed by atoms with van der Waals surface area (Å²) in [4.78, 5) is 20.7. The zero-order valence-electron chi connectivity index (χ0n) is 22.3. The van der Waals surface area contributed by atoms with Crippen LogP contribution in [0.2, 0.25) is 0 Å². The molecular weight excluding hydrogens is 406 g/mol. The molecule has 0 saturated heterocycles. The van der Waals surface area contributed by atoms with E-state index in [1.54, 1.807) is 30.3 Å². The second-order valence-electron chi connectivity index (χ2n) is 8.55. The Morgan fingerprint density at radius 3 is 2.72 bits per heavy atom. The quantitative estimate of drug-likeness (QED) is 0.481. The summed E-state index contributed by atoms with van der Waals surface area (Å²) in [5.74, 6) is 0.876. The fraction of sp³-hybridized carbons (Fsp3) is 0.348. The van der Waals surface area contributed by atoms with Crippen LogP contribution in [0.1, 0.15) is 57.4 Å². The third-order valence-electron chi connectivity index (χ3n) is 4.92. The average Bonchev–Trinajstić information content (AvgIpc) is 3.39. The molecule has 1 atom stereocenters. The lowest BCUT2D eigenvalue weighted by molar-refractivity contribution is -0.115. The number of rotatable bonds is 5. The van der Waals surface area contributed by atoms with E-state index in [1.165, 1.54) is 13.3 Å². The maximum Gasteiger partial charge on any atom is 0.230 e. The van der Waals surface area contributed by atoms with Gasteiger partial charge in [-0.2, -0.15) is 5.10 Å². The number of fused-ring (bicyclic) bond motifs is 1. The number of nitrogens with two attached hydrogens (primary N) is 1. The SMILES string of the molecule is [2H]C([2H])([2H])C([2H])(C)n1nc(-c2ccc(CC(=O)Nc3cc(C(C)(C)C)on3)cc2)c2c(N)ncnc21. The zero-order chi connectivity index (χ0) is 26.5. The molecule has 3 aromatic heterocycles. The number of aromatic nitrogens is 5. The number of anilines is 2. The first kappa shape index (κ1) is 16.9. The Morgan fingerprint density at radius 2 is 2.06 bits per heavy atom. The molecule has 0 radical (unpaired) electrons. The summed E-state index contributed by atoms with van der Waals surface area (Å²) in [5, 5.41) is 11.4. The Labute approximate surface area is 191 Å². The number of hydrogen-bond donors (Lipinski definition) is 2. The molecule has 32 heavy (non-hydrogen) atoms. The maximum atomic E-state index is 12.5. The van der Waals surface area contributed by atoms with Crippen molar-refractivity contribution in [3.63, 3.8) is 0 Å². The normalized spacial score (nSPS) is 16.0. The summed E-state index contributed by atoms with van der Waals surface area (Å²) in [5.41, 5.74) is 7.70. The molecule has 4 rings (SSSR count). The van der Waals surface area contributed by atoms with E-state index >= 15 is 0 Å². The van der Waals surface area contributed by atoms with Gasteiger partial charge in [0.1, 0.15) is 23.6 Å². The summed E-state index contributed by atoms with van der Waals surface area (Å²) in [6, 6.07) is 6.61. The van der Waals surface area contributed by atoms with Crippen LogP contribution in [-0.2, 0) is 16.6 Å². The van der Waals surface area contributed by atoms with Crippen LogP contribution in [-0.4, -0.2) is 30.8 Å². The highest BCUT2D eigenvalue weighted by atomic mass is 16.5. The molecular formula is C23H27N7O2. The van der Waals surface area contributed by atoms with Crippen molar-refractivity contribution in [1.82, 2.24) is 24.9 Å². The van der Waals surface area contributed by atoms with Crippen molar-refractivity contribution in [2.45, 2.75) is 52.4 Å². The first-order valence-electron chi connectivity index (χ1n) is 12.0. The van der Waals surface area contributed by atoms with Crippen LogP contribution in [0.5, 0.6) is 0 Å². The van der Waals surface area contributed by atoms with E-state index in [-0.39, 0.29) is 29.2 Å². The minimum absolute atomic E-state index is 0.0995. The van der Waals surface area contributed by atoms with E-state index < -0.39 is 12.9 Å². The molecule has 0 aliphatic carbocycles. The van der Waals surface area contributed by atoms with Crippen LogP contribution in [0, 0.1) is 0 Å². The number of hydrogen-bond acceptors (Lipinski definition) is 7. The Hall–Kier alpha value is -3.75. The predicted molar refractivity (Wildman–Crippen MR) is 123 cm³/mol. The highest BCUT2D eigenvalue weighted by Crippen LogP contribution is 2.31. The van der Waals surface area contributed by atoms with Crippen LogP contribution in [0.4, 0.5) is 11.6 Å². The highest BCUT2D eigenvalue weighted by Gasteiger charge is 2.21. The largest absolute Gasteiger partial charge is 0.383 e. The van der Waals surface area contributed by atoms with Gasteiger partial charge in [0.25, 0.3) is 0 Å². The number of amides is 1. The molecule has 0 spiro atoms. The number of nitrogens with one attached hydrogen (secondary N) is 1. The van der Waals surface area contributed by atoms with E-state index in [0.29, 0.717) is 28.2 Å². The van der Waals surface area contributed by atoms with Crippen molar-refractivity contribution in [3.05, 3.63) is 48.0 Å². The van der Waals surface area contributed by atoms with Crippen LogP contribution in [0.3, 0.4) is 0 Å². The fourth-order valence-electron chi connectivity index (χ4n) is 3.25. The standard InChI is InChI=1S/C23H27N7O2/c1-13(2)30-22-19(21(24)25-12-26-22)20(28-30)15-8-6-14(7-9-15)10-18(31)27-17-11-16(32-29-17)23(3,4)5/h6-9,11-13H,10H2,1-5H3,(H2,24,25,26)(H,27,29,31)/i1D3,13D. The van der Waals surface area contributed by atoms with Gasteiger partial charge in [0.2, 0.25) is 5.91 Å². The number of nitrogen functional groups attached to an aromatic ring is 1. The van der Waals surface area contributed by atoms with E-state index in [1.807, 2.05) is 20.8 Å². The van der Waals surface area contributed by atoms with Gasteiger partial charge in [-0.3, -0.25) is 4.79 Å². The van der Waals surface area contributed by atoms with Gasteiger partial charge >= 0.3 is 0 Å². The number of benzene rings is 1. The molecule has 9 nitrogen and oxygen atoms in total. The van der Waals surface area contributed by atoms with Crippen molar-refractivity contribution >= 4 is 28.6 Å². The second kappa shape index (κ2) is 8.07. The maximum absolute atomic E-state index is 12.5. The van der Waals surface area contributed by atoms with E-state index in [2.05, 4.69) is 25.5 Å². The van der Waals surface area contributed by atoms with Gasteiger partial charge in [-0.25, -0.2) is 14.6 Å². The molecule has 3 N–H and O–H groups in total. The van der Waals surface area contributed by atoms with Gasteiger partial charge in [-0.15, -0.1) is 0 Å². The third kappa shape index (κ3) is 4.18. The lowest BCUT2D eigenvalue weighted by atomic mass is 9.93. The second-order valence-corrected chi connectivity index (χ2v) is 8.55. The molecule has 1 aromatic carbocycles. The minimum atomic E-state index is -2.67. The van der Waals surface area contributed by atoms with Crippen molar-refractivity contribution in [2.24, 2.45) is 0 Å². The summed E-state index contributed by atoms with van der Waals surface area (Å²) in [6.07, 6.45) is 1.30. The smallest absolute Gasteiger partial charge is 0.230 e. The Bertz CT molecular complexity index is 1420. The first-order chi connectivity index (χ1) is 16.7. The van der Waals surface area contributed by atoms with Gasteiger partial charge in [0.05, 0.1) is 13.2 Å². The lowest BCUT2D eigenvalue weighted by Crippen LogP contribution is -2.14. The molecule has 3 heterocycles. The van der Waals surface area contributed by atoms with Crippen molar-refractivity contribution in [2.75, 3.05) is 11.1 Å². The molecule has 1 unspecified atom stereocenters. The zero-order valence-corrected chi connectivity index (χ0v) is 18.3. The molecule has 9 heteroatoms. The molecule has 0 fully saturated rings. The lowest BCUT2D eigenvalue weighted by Gasteiger charge is -2.12. The van der Waals surface area contributed by atoms with Crippen LogP contribution in [0.25, 0.3) is 22.3 Å². The van der Waals surface area contributed by atoms with E-state index in [0.717, 1.165) is 10.2 Å². The number of nitrogens with zero attached hydrogens (tertiary/aromatic N) is 5. The van der Waals surface area contributed by atoms with Gasteiger partial charge in [-0.1, -0.05) is 50.2 Å². The molecule has 0 saturated carbocycles. The van der Waals surface area contributed by atoms with E-state index in [4.69, 9.17) is 15.7 Å². The van der Waals surface area contributed by atoms with E-state index in [9.17, 15) is 4.79 Å². The number of carbonyl (C=O) groups excluding carboxylic acids is 1. The summed E-state index contributed by atoms with van der Waals surface area (Å²) >= 11 is 0. The average molecular weight is 438 g/mol. The monoisotopic (exact) mass is 437 g/mol. The molecule has 4 aromatic rings. The van der Waals surface area contributed by atoms with Crippen molar-refractivity contribution in [1.29, 1.82) is 0 Å². The topological polar surface area (TPSA) is 125 Å². The summed E-state index contributed by atoms with van der Waals surface area (Å²) in [7, 11) is 0. The minimum Gasteiger partial charge on any atom is -0.383 e. The number of carbonyl (C=O) groups is 1. The first-order valence-corrected chi connectivity index (χ1v) is 10.0. The van der Waals surface area contributed by atoms with Crippen LogP contribution < -0.4 is 11.1 Å². The van der Waals surface area contributed by atoms with Gasteiger partial charge in [0, 0.05) is 27.2 Å². The Morgan fingerprint density at radius 1 is 1.31 bits per heavy atom. The molecule has 0 aliphatic heterocycles. The Balaban J connectivity index is 1.60. The molecule has 166 valence electrons. The highest BCUT2D eigenvalue weighted by molar-refractivity contribution is 5.98. The van der Waals surface area contributed by atoms with Crippen LogP contribution in [0.15, 0.2) is 41.2 Å². The predicted octanol–water partition coefficient (Wildman–Crippen LogP) is 4.12. The van der Waals surface area contributed by atoms with Gasteiger partial charge < -0.3 is 15.6 Å². The molecule has 0 bridgehead atoms. The van der Waals surface area contributed by atoms with Gasteiger partial charge in [0.15, 0.2) is 11.5 Å². The fourth-order valence-corrected chi connectivity index (χ4v) is 3.25. The van der Waals surface area contributed by atoms with Crippen molar-refractivity contribution in [3.8, 4) is 11.3 Å². The summed E-state index contributed by atoms with van der Waals surface area (Å²) in [6.45, 7) is 4.54. The van der Waals surface area contributed by atoms with Gasteiger partial charge in [-0.05, 0) is 19.3 Å². The van der Waals surface area contributed by atoms with Crippen LogP contribution >= 0.6 is 0 Å². The van der Waals surface area contributed by atoms with Crippen molar-refractivity contribution < 1.29 is 14.8 Å². The molecule has 1 amide bonds. The Kier molecular flexibility index (Phi) is 4.26. The molecule has 0 aliphatic rings.